The van der Waals surface area contributed by atoms with E-state index in [0.29, 0.717) is 6.54 Å². The number of carbonyl (C=O) groups is 1. The minimum absolute atomic E-state index is 0.322. The summed E-state index contributed by atoms with van der Waals surface area (Å²) >= 11 is 0. The molecular weight excluding hydrogens is 206 g/mol. The van der Waals surface area contributed by atoms with E-state index in [1.165, 1.54) is 0 Å². The molecule has 0 radical (unpaired) electrons. The molecule has 4 N–H and O–H groups in total. The van der Waals surface area contributed by atoms with Crippen LogP contribution in [-0.4, -0.2) is 21.0 Å². The zero-order chi connectivity index (χ0) is 11.0. The number of amides is 2. The Kier molecular flexibility index (Phi) is 6.22. The maximum absolute atomic E-state index is 11.0. The van der Waals surface area contributed by atoms with Gasteiger partial charge >= 0.3 is 16.2 Å². The number of carbonyl (C=O) groups excluding carboxylic acids is 1. The van der Waals surface area contributed by atoms with E-state index in [9.17, 15) is 13.2 Å². The van der Waals surface area contributed by atoms with E-state index in [2.05, 4.69) is 17.4 Å². The molecule has 2 amide bonds. The smallest absolute Gasteiger partial charge is 0.326 e. The van der Waals surface area contributed by atoms with Crippen LogP contribution >= 0.6 is 0 Å². The van der Waals surface area contributed by atoms with Crippen molar-refractivity contribution in [2.75, 3.05) is 6.54 Å². The van der Waals surface area contributed by atoms with E-state index < -0.39 is 16.2 Å². The summed E-state index contributed by atoms with van der Waals surface area (Å²) in [5, 5.41) is 0. The molecule has 0 aromatic heterocycles. The Bertz CT molecular complexity index is 263. The summed E-state index contributed by atoms with van der Waals surface area (Å²) in [4.78, 5) is 10.2. The largest absolute Gasteiger partial charge is 0.351 e. The number of urea groups is 1. The van der Waals surface area contributed by atoms with Crippen LogP contribution in [0.15, 0.2) is 0 Å². The van der Waals surface area contributed by atoms with Gasteiger partial charge in [0.25, 0.3) is 0 Å². The molecule has 0 heterocycles. The predicted molar refractivity (Wildman–Crippen MR) is 53.8 cm³/mol. The van der Waals surface area contributed by atoms with Crippen molar-refractivity contribution < 1.29 is 13.2 Å². The summed E-state index contributed by atoms with van der Waals surface area (Å²) < 4.78 is 25.7. The molecule has 0 aliphatic heterocycles. The van der Waals surface area contributed by atoms with E-state index in [1.54, 1.807) is 4.72 Å². The van der Waals surface area contributed by atoms with Gasteiger partial charge in [0, 0.05) is 6.54 Å². The highest BCUT2D eigenvalue weighted by molar-refractivity contribution is 7.88. The molecule has 0 rings (SSSR count). The van der Waals surface area contributed by atoms with Crippen LogP contribution in [0, 0.1) is 0 Å². The minimum atomic E-state index is -3.74. The molecule has 0 aliphatic carbocycles. The van der Waals surface area contributed by atoms with Crippen molar-refractivity contribution in [3.05, 3.63) is 0 Å². The number of unbranched alkanes of at least 4 members (excludes halogenated alkanes) is 3. The van der Waals surface area contributed by atoms with Crippen molar-refractivity contribution >= 4 is 16.2 Å². The zero-order valence-electron chi connectivity index (χ0n) is 8.25. The molecule has 6 nitrogen and oxygen atoms in total. The highest BCUT2D eigenvalue weighted by Gasteiger charge is 2.09. The summed E-state index contributed by atoms with van der Waals surface area (Å²) in [5.74, 6) is 0. The second kappa shape index (κ2) is 6.61. The molecule has 0 saturated carbocycles. The van der Waals surface area contributed by atoms with Crippen molar-refractivity contribution in [1.29, 1.82) is 0 Å². The summed E-state index contributed by atoms with van der Waals surface area (Å²) in [6.07, 6.45) is 3.89. The lowest BCUT2D eigenvalue weighted by Gasteiger charge is -2.05. The second-order valence-electron chi connectivity index (χ2n) is 2.92. The van der Waals surface area contributed by atoms with Crippen LogP contribution in [0.5, 0.6) is 0 Å². The summed E-state index contributed by atoms with van der Waals surface area (Å²) in [7, 11) is -3.74. The number of nitrogens with two attached hydrogens (primary N) is 1. The fourth-order valence-corrected chi connectivity index (χ4v) is 1.68. The highest BCUT2D eigenvalue weighted by atomic mass is 32.2. The third-order valence-electron chi connectivity index (χ3n) is 1.56. The standard InChI is InChI=1S/C7H17N3O3S/c1-2-3-4-5-6-9-14(12,13)10-7(8)11/h9H,2-6H2,1H3,(H3,8,10,11). The first-order valence-corrected chi connectivity index (χ1v) is 6.03. The topological polar surface area (TPSA) is 101 Å². The van der Waals surface area contributed by atoms with Gasteiger partial charge in [-0.3, -0.25) is 0 Å². The summed E-state index contributed by atoms with van der Waals surface area (Å²) in [6.45, 7) is 2.39. The third kappa shape index (κ3) is 7.81. The average molecular weight is 223 g/mol. The first-order valence-electron chi connectivity index (χ1n) is 4.55. The Morgan fingerprint density at radius 1 is 1.29 bits per heavy atom. The molecule has 0 unspecified atom stereocenters. The summed E-state index contributed by atoms with van der Waals surface area (Å²) in [6, 6.07) is -1.08. The number of hydrogen-bond acceptors (Lipinski definition) is 3. The molecule has 0 aliphatic rings. The van der Waals surface area contributed by atoms with E-state index >= 15 is 0 Å². The Hall–Kier alpha value is -0.820. The number of nitrogens with one attached hydrogen (secondary N) is 2. The van der Waals surface area contributed by atoms with Crippen molar-refractivity contribution in [1.82, 2.24) is 9.44 Å². The number of rotatable bonds is 7. The van der Waals surface area contributed by atoms with Gasteiger partial charge in [0.1, 0.15) is 0 Å². The van der Waals surface area contributed by atoms with Gasteiger partial charge < -0.3 is 5.73 Å². The van der Waals surface area contributed by atoms with Crippen molar-refractivity contribution in [3.8, 4) is 0 Å². The fourth-order valence-electron chi connectivity index (χ4n) is 0.927. The molecule has 0 aromatic rings. The predicted octanol–water partition coefficient (Wildman–Crippen LogP) is 0.0694. The third-order valence-corrected chi connectivity index (χ3v) is 2.61. The zero-order valence-corrected chi connectivity index (χ0v) is 9.06. The number of hydrogen-bond donors (Lipinski definition) is 3. The molecule has 0 aromatic carbocycles. The Balaban J connectivity index is 3.61. The van der Waals surface area contributed by atoms with Crippen LogP contribution in [0.3, 0.4) is 0 Å². The van der Waals surface area contributed by atoms with E-state index in [0.717, 1.165) is 25.7 Å². The normalized spacial score (nSPS) is 11.2. The number of primary amides is 1. The van der Waals surface area contributed by atoms with Gasteiger partial charge in [0.15, 0.2) is 0 Å². The van der Waals surface area contributed by atoms with Gasteiger partial charge in [-0.05, 0) is 6.42 Å². The lowest BCUT2D eigenvalue weighted by Crippen LogP contribution is -2.43. The average Bonchev–Trinajstić information content (AvgIpc) is 2.01. The van der Waals surface area contributed by atoms with Crippen molar-refractivity contribution in [2.45, 2.75) is 32.6 Å². The van der Waals surface area contributed by atoms with Gasteiger partial charge in [0.2, 0.25) is 0 Å². The van der Waals surface area contributed by atoms with Crippen LogP contribution in [0.1, 0.15) is 32.6 Å². The van der Waals surface area contributed by atoms with Gasteiger partial charge in [-0.1, -0.05) is 26.2 Å². The lowest BCUT2D eigenvalue weighted by atomic mass is 10.2. The van der Waals surface area contributed by atoms with Crippen LogP contribution in [0.2, 0.25) is 0 Å². The molecular formula is C7H17N3O3S. The fraction of sp³-hybridized carbons (Fsp3) is 0.857. The molecule has 0 saturated heterocycles. The van der Waals surface area contributed by atoms with Gasteiger partial charge in [-0.25, -0.2) is 9.52 Å². The van der Waals surface area contributed by atoms with Gasteiger partial charge in [0.05, 0.1) is 0 Å². The van der Waals surface area contributed by atoms with Crippen LogP contribution < -0.4 is 15.2 Å². The SMILES string of the molecule is CCCCCCNS(=O)(=O)NC(N)=O. The lowest BCUT2D eigenvalue weighted by molar-refractivity contribution is 0.253. The second-order valence-corrected chi connectivity index (χ2v) is 4.42. The molecule has 14 heavy (non-hydrogen) atoms. The monoisotopic (exact) mass is 223 g/mol. The van der Waals surface area contributed by atoms with Crippen molar-refractivity contribution in [2.24, 2.45) is 5.73 Å². The first-order chi connectivity index (χ1) is 6.48. The first kappa shape index (κ1) is 13.2. The molecule has 84 valence electrons. The quantitative estimate of drug-likeness (QED) is 0.532. The Morgan fingerprint density at radius 2 is 1.93 bits per heavy atom. The van der Waals surface area contributed by atoms with Gasteiger partial charge in [-0.15, -0.1) is 0 Å². The molecule has 7 heteroatoms. The molecule has 0 atom stereocenters. The van der Waals surface area contributed by atoms with E-state index in [-0.39, 0.29) is 0 Å². The van der Waals surface area contributed by atoms with Crippen LogP contribution in [0.25, 0.3) is 0 Å². The maximum atomic E-state index is 11.0. The highest BCUT2D eigenvalue weighted by Crippen LogP contribution is 1.97. The Labute approximate surface area is 84.4 Å². The van der Waals surface area contributed by atoms with Crippen molar-refractivity contribution in [3.63, 3.8) is 0 Å². The van der Waals surface area contributed by atoms with E-state index in [1.807, 2.05) is 0 Å². The minimum Gasteiger partial charge on any atom is -0.351 e. The molecule has 0 bridgehead atoms. The molecule has 0 spiro atoms. The maximum Gasteiger partial charge on any atom is 0.326 e. The molecule has 0 fully saturated rings. The van der Waals surface area contributed by atoms with E-state index in [4.69, 9.17) is 0 Å². The van der Waals surface area contributed by atoms with Gasteiger partial charge in [-0.2, -0.15) is 13.1 Å². The van der Waals surface area contributed by atoms with Crippen LogP contribution in [-0.2, 0) is 10.2 Å². The Morgan fingerprint density at radius 3 is 2.43 bits per heavy atom. The summed E-state index contributed by atoms with van der Waals surface area (Å²) in [5.41, 5.74) is 4.66. The van der Waals surface area contributed by atoms with Crippen LogP contribution in [0.4, 0.5) is 4.79 Å².